The molecule has 118 valence electrons. The highest BCUT2D eigenvalue weighted by molar-refractivity contribution is 6.32. The maximum absolute atomic E-state index is 6.35. The number of hydrogen-bond acceptors (Lipinski definition) is 2. The molecular weight excluding hydrogens is 329 g/mol. The van der Waals surface area contributed by atoms with Crippen LogP contribution in [-0.2, 0) is 0 Å². The van der Waals surface area contributed by atoms with Crippen molar-refractivity contribution in [1.29, 1.82) is 0 Å². The van der Waals surface area contributed by atoms with E-state index >= 15 is 0 Å². The van der Waals surface area contributed by atoms with Crippen molar-refractivity contribution in [2.24, 2.45) is 0 Å². The van der Waals surface area contributed by atoms with Gasteiger partial charge in [0.15, 0.2) is 0 Å². The first-order valence-corrected chi connectivity index (χ1v) is 7.45. The largest absolute Gasteiger partial charge is 0.456 e. The molecule has 2 nitrogen and oxygen atoms in total. The third-order valence-electron chi connectivity index (χ3n) is 3.59. The quantitative estimate of drug-likeness (QED) is 0.728. The zero-order chi connectivity index (χ0) is 15.5. The van der Waals surface area contributed by atoms with Crippen LogP contribution in [0.3, 0.4) is 0 Å². The van der Waals surface area contributed by atoms with Crippen LogP contribution in [-0.4, -0.2) is 25.0 Å². The fourth-order valence-electron chi connectivity index (χ4n) is 2.57. The summed E-state index contributed by atoms with van der Waals surface area (Å²) in [6.07, 6.45) is 7.50. The minimum Gasteiger partial charge on any atom is -0.456 e. The molecule has 0 atom stereocenters. The highest BCUT2D eigenvalue weighted by Gasteiger charge is 2.18. The van der Waals surface area contributed by atoms with Crippen molar-refractivity contribution < 1.29 is 4.74 Å². The van der Waals surface area contributed by atoms with Gasteiger partial charge in [0, 0.05) is 17.7 Å². The predicted molar refractivity (Wildman–Crippen MR) is 99.4 cm³/mol. The number of fused-ring (bicyclic) bond motifs is 2. The van der Waals surface area contributed by atoms with E-state index in [4.69, 9.17) is 22.8 Å². The van der Waals surface area contributed by atoms with Crippen molar-refractivity contribution in [1.82, 2.24) is 4.90 Å². The van der Waals surface area contributed by atoms with E-state index in [0.717, 1.165) is 34.7 Å². The number of ether oxygens (including phenoxy) is 1. The van der Waals surface area contributed by atoms with Crippen LogP contribution in [0, 0.1) is 12.3 Å². The number of benzene rings is 2. The topological polar surface area (TPSA) is 12.5 Å². The molecule has 0 amide bonds. The van der Waals surface area contributed by atoms with Crippen LogP contribution in [0.2, 0.25) is 5.02 Å². The Balaban J connectivity index is 0.00000192. The van der Waals surface area contributed by atoms with E-state index in [9.17, 15) is 0 Å². The van der Waals surface area contributed by atoms with Gasteiger partial charge in [-0.05, 0) is 36.9 Å². The second-order valence-electron chi connectivity index (χ2n) is 5.30. The summed E-state index contributed by atoms with van der Waals surface area (Å²) in [7, 11) is 2.00. The van der Waals surface area contributed by atoms with Gasteiger partial charge in [-0.2, -0.15) is 0 Å². The number of halogens is 2. The zero-order valence-electron chi connectivity index (χ0n) is 12.8. The lowest BCUT2D eigenvalue weighted by Crippen LogP contribution is -2.20. The standard InChI is InChI=1S/C19H16ClNO.ClH/c1-3-11-21(2)13-14-12-16-17(20)8-6-10-19(16)22-18-9-5-4-7-15(14)18;/h1,4-10,12H,11,13H2,2H3;1H. The molecule has 4 heteroatoms. The number of rotatable bonds is 3. The van der Waals surface area contributed by atoms with Crippen LogP contribution in [0.15, 0.2) is 42.5 Å². The summed E-state index contributed by atoms with van der Waals surface area (Å²) in [5.41, 5.74) is 3.11. The molecule has 0 fully saturated rings. The Kier molecular flexibility index (Phi) is 5.74. The Morgan fingerprint density at radius 1 is 1.13 bits per heavy atom. The van der Waals surface area contributed by atoms with Crippen LogP contribution in [0.1, 0.15) is 11.1 Å². The van der Waals surface area contributed by atoms with E-state index in [0.29, 0.717) is 11.6 Å². The number of nitrogens with zero attached hydrogens (tertiary/aromatic N) is 1. The summed E-state index contributed by atoms with van der Waals surface area (Å²) >= 11 is 6.35. The summed E-state index contributed by atoms with van der Waals surface area (Å²) in [6, 6.07) is 13.7. The molecule has 0 radical (unpaired) electrons. The lowest BCUT2D eigenvalue weighted by molar-refractivity contribution is 0.425. The number of terminal acetylenes is 1. The van der Waals surface area contributed by atoms with Gasteiger partial charge in [-0.1, -0.05) is 41.8 Å². The van der Waals surface area contributed by atoms with E-state index in [2.05, 4.69) is 23.0 Å². The maximum Gasteiger partial charge on any atom is 0.136 e. The van der Waals surface area contributed by atoms with Gasteiger partial charge >= 0.3 is 0 Å². The van der Waals surface area contributed by atoms with E-state index in [-0.39, 0.29) is 12.4 Å². The first-order valence-electron chi connectivity index (χ1n) is 7.07. The van der Waals surface area contributed by atoms with Crippen molar-refractivity contribution in [2.45, 2.75) is 0 Å². The molecule has 2 aromatic rings. The molecule has 0 N–H and O–H groups in total. The molecule has 3 rings (SSSR count). The second-order valence-corrected chi connectivity index (χ2v) is 5.70. The molecule has 0 aromatic heterocycles. The molecule has 1 heterocycles. The summed E-state index contributed by atoms with van der Waals surface area (Å²) in [5.74, 6) is 4.28. The molecular formula is C19H17Cl2NO. The molecule has 0 aliphatic carbocycles. The Morgan fingerprint density at radius 2 is 1.87 bits per heavy atom. The Morgan fingerprint density at radius 3 is 2.65 bits per heavy atom. The first kappa shape index (κ1) is 17.4. The highest BCUT2D eigenvalue weighted by Crippen LogP contribution is 2.40. The molecule has 0 saturated heterocycles. The molecule has 1 aliphatic heterocycles. The summed E-state index contributed by atoms with van der Waals surface area (Å²) in [6.45, 7) is 1.32. The van der Waals surface area contributed by atoms with Gasteiger partial charge in [0.05, 0.1) is 11.6 Å². The van der Waals surface area contributed by atoms with Gasteiger partial charge < -0.3 is 4.74 Å². The number of hydrogen-bond donors (Lipinski definition) is 0. The van der Waals surface area contributed by atoms with Crippen molar-refractivity contribution in [3.05, 3.63) is 58.6 Å². The van der Waals surface area contributed by atoms with Crippen LogP contribution < -0.4 is 4.74 Å². The monoisotopic (exact) mass is 345 g/mol. The van der Waals surface area contributed by atoms with Gasteiger partial charge in [-0.3, -0.25) is 4.90 Å². The van der Waals surface area contributed by atoms with Gasteiger partial charge in [0.25, 0.3) is 0 Å². The molecule has 0 saturated carbocycles. The lowest BCUT2D eigenvalue weighted by atomic mass is 10.0. The molecule has 1 aliphatic rings. The van der Waals surface area contributed by atoms with Crippen molar-refractivity contribution in [3.63, 3.8) is 0 Å². The minimum absolute atomic E-state index is 0. The van der Waals surface area contributed by atoms with Gasteiger partial charge in [-0.25, -0.2) is 0 Å². The van der Waals surface area contributed by atoms with E-state index in [1.165, 1.54) is 0 Å². The SMILES string of the molecule is C#CCN(C)CC1=Cc2c(Cl)cccc2Oc2ccccc21.Cl. The van der Waals surface area contributed by atoms with Crippen molar-refractivity contribution in [3.8, 4) is 23.8 Å². The van der Waals surface area contributed by atoms with E-state index in [1.807, 2.05) is 43.4 Å². The summed E-state index contributed by atoms with van der Waals surface area (Å²) < 4.78 is 6.06. The number of likely N-dealkylation sites (N-methyl/N-ethyl adjacent to an activating group) is 1. The summed E-state index contributed by atoms with van der Waals surface area (Å²) in [4.78, 5) is 2.09. The van der Waals surface area contributed by atoms with Crippen LogP contribution in [0.5, 0.6) is 11.5 Å². The van der Waals surface area contributed by atoms with Gasteiger partial charge in [-0.15, -0.1) is 18.8 Å². The van der Waals surface area contributed by atoms with E-state index < -0.39 is 0 Å². The fraction of sp³-hybridized carbons (Fsp3) is 0.158. The van der Waals surface area contributed by atoms with Crippen molar-refractivity contribution in [2.75, 3.05) is 20.1 Å². The molecule has 0 unspecified atom stereocenters. The minimum atomic E-state index is 0. The molecule has 0 spiro atoms. The molecule has 0 bridgehead atoms. The van der Waals surface area contributed by atoms with Crippen LogP contribution in [0.25, 0.3) is 11.6 Å². The van der Waals surface area contributed by atoms with Crippen LogP contribution in [0.4, 0.5) is 0 Å². The maximum atomic E-state index is 6.35. The fourth-order valence-corrected chi connectivity index (χ4v) is 2.79. The Bertz CT molecular complexity index is 777. The van der Waals surface area contributed by atoms with Crippen molar-refractivity contribution >= 4 is 35.7 Å². The average molecular weight is 346 g/mol. The first-order chi connectivity index (χ1) is 10.7. The molecule has 2 aromatic carbocycles. The van der Waals surface area contributed by atoms with E-state index in [1.54, 1.807) is 0 Å². The van der Waals surface area contributed by atoms with Crippen LogP contribution >= 0.6 is 24.0 Å². The predicted octanol–water partition coefficient (Wildman–Crippen LogP) is 4.97. The lowest BCUT2D eigenvalue weighted by Gasteiger charge is -2.17. The number of para-hydroxylation sites is 1. The highest BCUT2D eigenvalue weighted by atomic mass is 35.5. The second kappa shape index (κ2) is 7.57. The molecule has 23 heavy (non-hydrogen) atoms. The normalized spacial score (nSPS) is 12.0. The van der Waals surface area contributed by atoms with Gasteiger partial charge in [0.1, 0.15) is 11.5 Å². The average Bonchev–Trinajstić information content (AvgIpc) is 2.65. The zero-order valence-corrected chi connectivity index (χ0v) is 14.3. The third-order valence-corrected chi connectivity index (χ3v) is 3.92. The summed E-state index contributed by atoms with van der Waals surface area (Å²) in [5, 5.41) is 0.683. The smallest absolute Gasteiger partial charge is 0.136 e. The Labute approximate surface area is 148 Å². The van der Waals surface area contributed by atoms with Gasteiger partial charge in [0.2, 0.25) is 0 Å². The third kappa shape index (κ3) is 3.71. The Hall–Kier alpha value is -1.92.